The molecule has 5 nitrogen and oxygen atoms in total. The Labute approximate surface area is 148 Å². The van der Waals surface area contributed by atoms with Crippen molar-refractivity contribution in [2.24, 2.45) is 0 Å². The maximum atomic E-state index is 12.1. The maximum absolute atomic E-state index is 12.1. The normalized spacial score (nSPS) is 14.2. The Bertz CT molecular complexity index is 676. The molecule has 5 heteroatoms. The largest absolute Gasteiger partial charge is 0.492 e. The summed E-state index contributed by atoms with van der Waals surface area (Å²) in [7, 11) is 0. The van der Waals surface area contributed by atoms with Gasteiger partial charge in [-0.3, -0.25) is 9.69 Å². The van der Waals surface area contributed by atoms with E-state index in [0.29, 0.717) is 32.9 Å². The van der Waals surface area contributed by atoms with Crippen LogP contribution >= 0.6 is 0 Å². The number of hydrogen-bond donors (Lipinski definition) is 1. The second-order valence-electron chi connectivity index (χ2n) is 6.05. The molecule has 1 N–H and O–H groups in total. The first-order chi connectivity index (χ1) is 12.3. The molecular weight excluding hydrogens is 316 g/mol. The Hall–Kier alpha value is -2.37. The molecule has 0 spiro atoms. The minimum atomic E-state index is 0.0164. The third-order valence-electron chi connectivity index (χ3n) is 4.08. The van der Waals surface area contributed by atoms with E-state index < -0.39 is 0 Å². The Morgan fingerprint density at radius 1 is 1.12 bits per heavy atom. The van der Waals surface area contributed by atoms with Gasteiger partial charge in [-0.2, -0.15) is 0 Å². The van der Waals surface area contributed by atoms with Crippen LogP contribution in [0.5, 0.6) is 5.75 Å². The van der Waals surface area contributed by atoms with Crippen molar-refractivity contribution in [2.75, 3.05) is 32.8 Å². The van der Waals surface area contributed by atoms with Crippen molar-refractivity contribution in [1.82, 2.24) is 10.2 Å². The van der Waals surface area contributed by atoms with E-state index in [1.807, 2.05) is 54.6 Å². The number of carbonyl (C=O) groups is 1. The van der Waals surface area contributed by atoms with Gasteiger partial charge in [0.25, 0.3) is 0 Å². The lowest BCUT2D eigenvalue weighted by atomic mass is 10.2. The van der Waals surface area contributed by atoms with Crippen LogP contribution in [0, 0.1) is 0 Å². The number of amides is 1. The number of hydrogen-bond acceptors (Lipinski definition) is 4. The Morgan fingerprint density at radius 3 is 2.80 bits per heavy atom. The number of para-hydroxylation sites is 1. The Morgan fingerprint density at radius 2 is 1.92 bits per heavy atom. The molecule has 132 valence electrons. The number of ether oxygens (including phenoxy) is 2. The standard InChI is InChI=1S/C20H24N2O3/c23-20(21-10-12-24-16-17-6-2-1-3-7-17)15-22-11-13-25-19-9-5-4-8-18(19)14-22/h1-9H,10-16H2,(H,21,23). The zero-order chi connectivity index (χ0) is 17.3. The molecule has 0 aromatic heterocycles. The van der Waals surface area contributed by atoms with Gasteiger partial charge in [0.1, 0.15) is 12.4 Å². The zero-order valence-corrected chi connectivity index (χ0v) is 14.3. The first-order valence-electron chi connectivity index (χ1n) is 8.63. The fourth-order valence-corrected chi connectivity index (χ4v) is 2.80. The predicted octanol–water partition coefficient (Wildman–Crippen LogP) is 2.21. The van der Waals surface area contributed by atoms with Gasteiger partial charge in [-0.05, 0) is 11.6 Å². The van der Waals surface area contributed by atoms with Gasteiger partial charge >= 0.3 is 0 Å². The molecule has 0 fully saturated rings. The number of fused-ring (bicyclic) bond motifs is 1. The molecule has 0 unspecified atom stereocenters. The van der Waals surface area contributed by atoms with Gasteiger partial charge < -0.3 is 14.8 Å². The molecular formula is C20H24N2O3. The van der Waals surface area contributed by atoms with Crippen molar-refractivity contribution in [1.29, 1.82) is 0 Å². The summed E-state index contributed by atoms with van der Waals surface area (Å²) < 4.78 is 11.3. The highest BCUT2D eigenvalue weighted by atomic mass is 16.5. The van der Waals surface area contributed by atoms with Gasteiger partial charge in [0.2, 0.25) is 5.91 Å². The van der Waals surface area contributed by atoms with Gasteiger partial charge in [-0.15, -0.1) is 0 Å². The van der Waals surface area contributed by atoms with Gasteiger partial charge in [0.05, 0.1) is 19.8 Å². The number of rotatable bonds is 7. The van der Waals surface area contributed by atoms with Crippen LogP contribution in [0.15, 0.2) is 54.6 Å². The Balaban J connectivity index is 1.35. The lowest BCUT2D eigenvalue weighted by molar-refractivity contribution is -0.122. The van der Waals surface area contributed by atoms with Crippen LogP contribution < -0.4 is 10.1 Å². The smallest absolute Gasteiger partial charge is 0.234 e. The van der Waals surface area contributed by atoms with E-state index in [2.05, 4.69) is 10.2 Å². The van der Waals surface area contributed by atoms with Crippen molar-refractivity contribution in [3.05, 3.63) is 65.7 Å². The molecule has 0 saturated carbocycles. The SMILES string of the molecule is O=C(CN1CCOc2ccccc2C1)NCCOCc1ccccc1. The van der Waals surface area contributed by atoms with Crippen molar-refractivity contribution >= 4 is 5.91 Å². The summed E-state index contributed by atoms with van der Waals surface area (Å²) in [5, 5.41) is 2.91. The summed E-state index contributed by atoms with van der Waals surface area (Å²) in [6.07, 6.45) is 0. The second kappa shape index (κ2) is 9.20. The van der Waals surface area contributed by atoms with Crippen molar-refractivity contribution < 1.29 is 14.3 Å². The maximum Gasteiger partial charge on any atom is 0.234 e. The first-order valence-corrected chi connectivity index (χ1v) is 8.63. The molecule has 0 atom stereocenters. The van der Waals surface area contributed by atoms with E-state index in [1.54, 1.807) is 0 Å². The summed E-state index contributed by atoms with van der Waals surface area (Å²) in [4.78, 5) is 14.2. The van der Waals surface area contributed by atoms with E-state index in [-0.39, 0.29) is 5.91 Å². The van der Waals surface area contributed by atoms with Gasteiger partial charge in [-0.1, -0.05) is 48.5 Å². The van der Waals surface area contributed by atoms with Crippen molar-refractivity contribution in [3.63, 3.8) is 0 Å². The van der Waals surface area contributed by atoms with Crippen molar-refractivity contribution in [2.45, 2.75) is 13.2 Å². The molecule has 1 aliphatic heterocycles. The molecule has 0 aliphatic carbocycles. The van der Waals surface area contributed by atoms with Gasteiger partial charge in [0, 0.05) is 25.2 Å². The highest BCUT2D eigenvalue weighted by Gasteiger charge is 2.16. The van der Waals surface area contributed by atoms with E-state index >= 15 is 0 Å². The summed E-state index contributed by atoms with van der Waals surface area (Å²) in [6, 6.07) is 18.0. The van der Waals surface area contributed by atoms with E-state index in [9.17, 15) is 4.79 Å². The van der Waals surface area contributed by atoms with Crippen LogP contribution in [0.4, 0.5) is 0 Å². The number of carbonyl (C=O) groups excluding carboxylic acids is 1. The van der Waals surface area contributed by atoms with Crippen molar-refractivity contribution in [3.8, 4) is 5.75 Å². The minimum absolute atomic E-state index is 0.0164. The molecule has 25 heavy (non-hydrogen) atoms. The molecule has 1 aliphatic rings. The quantitative estimate of drug-likeness (QED) is 0.785. The van der Waals surface area contributed by atoms with Crippen LogP contribution in [-0.4, -0.2) is 43.7 Å². The van der Waals surface area contributed by atoms with E-state index in [1.165, 1.54) is 0 Å². The van der Waals surface area contributed by atoms with Crippen LogP contribution in [0.1, 0.15) is 11.1 Å². The summed E-state index contributed by atoms with van der Waals surface area (Å²) in [6.45, 7) is 4.04. The zero-order valence-electron chi connectivity index (χ0n) is 14.3. The first kappa shape index (κ1) is 17.5. The fraction of sp³-hybridized carbons (Fsp3) is 0.350. The molecule has 2 aromatic carbocycles. The highest BCUT2D eigenvalue weighted by Crippen LogP contribution is 2.22. The molecule has 1 heterocycles. The summed E-state index contributed by atoms with van der Waals surface area (Å²) in [5.74, 6) is 0.933. The topological polar surface area (TPSA) is 50.8 Å². The van der Waals surface area contributed by atoms with Crippen LogP contribution in [0.2, 0.25) is 0 Å². The highest BCUT2D eigenvalue weighted by molar-refractivity contribution is 5.78. The average Bonchev–Trinajstić information content (AvgIpc) is 2.84. The monoisotopic (exact) mass is 340 g/mol. The lowest BCUT2D eigenvalue weighted by Gasteiger charge is -2.18. The number of benzene rings is 2. The van der Waals surface area contributed by atoms with E-state index in [4.69, 9.17) is 9.47 Å². The summed E-state index contributed by atoms with van der Waals surface area (Å²) in [5.41, 5.74) is 2.26. The molecule has 0 bridgehead atoms. The van der Waals surface area contributed by atoms with Crippen LogP contribution in [-0.2, 0) is 22.7 Å². The average molecular weight is 340 g/mol. The second-order valence-corrected chi connectivity index (χ2v) is 6.05. The predicted molar refractivity (Wildman–Crippen MR) is 96.3 cm³/mol. The summed E-state index contributed by atoms with van der Waals surface area (Å²) >= 11 is 0. The Kier molecular flexibility index (Phi) is 6.42. The van der Waals surface area contributed by atoms with E-state index in [0.717, 1.165) is 30.0 Å². The number of nitrogens with one attached hydrogen (secondary N) is 1. The molecule has 3 rings (SSSR count). The third-order valence-corrected chi connectivity index (χ3v) is 4.08. The molecule has 0 saturated heterocycles. The fourth-order valence-electron chi connectivity index (χ4n) is 2.80. The third kappa shape index (κ3) is 5.59. The van der Waals surface area contributed by atoms with Gasteiger partial charge in [-0.25, -0.2) is 0 Å². The number of nitrogens with zero attached hydrogens (tertiary/aromatic N) is 1. The van der Waals surface area contributed by atoms with Crippen LogP contribution in [0.3, 0.4) is 0 Å². The molecule has 1 amide bonds. The lowest BCUT2D eigenvalue weighted by Crippen LogP contribution is -2.39. The minimum Gasteiger partial charge on any atom is -0.492 e. The molecule has 2 aromatic rings. The molecule has 0 radical (unpaired) electrons. The van der Waals surface area contributed by atoms with Crippen LogP contribution in [0.25, 0.3) is 0 Å². The van der Waals surface area contributed by atoms with Gasteiger partial charge in [0.15, 0.2) is 0 Å².